The number of rotatable bonds is 3. The topological polar surface area (TPSA) is 82.3 Å². The van der Waals surface area contributed by atoms with Gasteiger partial charge in [-0.3, -0.25) is 14.4 Å². The lowest BCUT2D eigenvalue weighted by Gasteiger charge is -2.33. The van der Waals surface area contributed by atoms with Crippen molar-refractivity contribution < 1.29 is 9.59 Å². The van der Waals surface area contributed by atoms with Crippen LogP contribution in [0.15, 0.2) is 47.4 Å². The Morgan fingerprint density at radius 1 is 1.23 bits per heavy atom. The third-order valence-electron chi connectivity index (χ3n) is 5.62. The summed E-state index contributed by atoms with van der Waals surface area (Å²) in [5, 5.41) is 2.98. The largest absolute Gasteiger partial charge is 0.334 e. The van der Waals surface area contributed by atoms with Gasteiger partial charge in [0.25, 0.3) is 11.5 Å². The molecule has 2 amide bonds. The molecule has 26 heavy (non-hydrogen) atoms. The predicted octanol–water partition coefficient (Wildman–Crippen LogP) is 2.28. The van der Waals surface area contributed by atoms with E-state index >= 15 is 0 Å². The van der Waals surface area contributed by atoms with Crippen molar-refractivity contribution in [3.8, 4) is 0 Å². The van der Waals surface area contributed by atoms with Crippen LogP contribution in [0.25, 0.3) is 0 Å². The van der Waals surface area contributed by atoms with E-state index in [1.165, 1.54) is 12.3 Å². The van der Waals surface area contributed by atoms with Gasteiger partial charge in [-0.05, 0) is 36.6 Å². The quantitative estimate of drug-likeness (QED) is 0.890. The average molecular weight is 351 g/mol. The summed E-state index contributed by atoms with van der Waals surface area (Å²) in [5.74, 6) is -0.353. The number of carbonyl (C=O) groups excluding carboxylic acids is 2. The number of hydrogen-bond acceptors (Lipinski definition) is 3. The molecule has 2 atom stereocenters. The Balaban J connectivity index is 1.79. The Hall–Kier alpha value is -2.89. The summed E-state index contributed by atoms with van der Waals surface area (Å²) in [7, 11) is 0. The SMILES string of the molecule is CCC[C@@H]1N(C(=O)c2ccc[nH]c2=O)CC[C@]12C(=O)Nc1ccccc12. The van der Waals surface area contributed by atoms with Gasteiger partial charge in [-0.15, -0.1) is 0 Å². The van der Waals surface area contributed by atoms with Gasteiger partial charge in [0.1, 0.15) is 5.56 Å². The zero-order valence-corrected chi connectivity index (χ0v) is 14.6. The first kappa shape index (κ1) is 16.6. The second-order valence-electron chi connectivity index (χ2n) is 6.94. The normalized spacial score (nSPS) is 24.0. The van der Waals surface area contributed by atoms with Crippen LogP contribution >= 0.6 is 0 Å². The molecule has 0 radical (unpaired) electrons. The second-order valence-corrected chi connectivity index (χ2v) is 6.94. The molecule has 2 aliphatic heterocycles. The molecule has 0 bridgehead atoms. The van der Waals surface area contributed by atoms with Gasteiger partial charge >= 0.3 is 0 Å². The molecule has 1 spiro atoms. The van der Waals surface area contributed by atoms with Crippen LogP contribution in [-0.4, -0.2) is 34.3 Å². The number of amides is 2. The van der Waals surface area contributed by atoms with Crippen molar-refractivity contribution in [2.24, 2.45) is 0 Å². The van der Waals surface area contributed by atoms with E-state index in [4.69, 9.17) is 0 Å². The highest BCUT2D eigenvalue weighted by Crippen LogP contribution is 2.49. The Labute approximate surface area is 151 Å². The van der Waals surface area contributed by atoms with Gasteiger partial charge in [0, 0.05) is 18.4 Å². The fourth-order valence-electron chi connectivity index (χ4n) is 4.47. The van der Waals surface area contributed by atoms with Gasteiger partial charge in [0.05, 0.1) is 11.5 Å². The van der Waals surface area contributed by atoms with E-state index in [1.807, 2.05) is 31.2 Å². The Morgan fingerprint density at radius 3 is 2.81 bits per heavy atom. The third kappa shape index (κ3) is 2.21. The lowest BCUT2D eigenvalue weighted by molar-refractivity contribution is -0.121. The van der Waals surface area contributed by atoms with Gasteiger partial charge in [-0.1, -0.05) is 31.5 Å². The van der Waals surface area contributed by atoms with Gasteiger partial charge in [0.15, 0.2) is 0 Å². The number of H-pyrrole nitrogens is 1. The molecular formula is C20H21N3O3. The summed E-state index contributed by atoms with van der Waals surface area (Å²) in [6, 6.07) is 10.6. The average Bonchev–Trinajstić information content (AvgIpc) is 3.15. The zero-order valence-electron chi connectivity index (χ0n) is 14.6. The van der Waals surface area contributed by atoms with Crippen LogP contribution in [-0.2, 0) is 10.2 Å². The number of likely N-dealkylation sites (tertiary alicyclic amines) is 1. The molecule has 1 fully saturated rings. The van der Waals surface area contributed by atoms with Crippen molar-refractivity contribution in [3.63, 3.8) is 0 Å². The fourth-order valence-corrected chi connectivity index (χ4v) is 4.47. The standard InChI is InChI=1S/C20H21N3O3/c1-2-6-16-20(14-8-3-4-9-15(14)22-19(20)26)10-12-23(16)18(25)13-7-5-11-21-17(13)24/h3-5,7-9,11,16H,2,6,10,12H2,1H3,(H,21,24)(H,22,26)/t16-,20+/m0/s1. The summed E-state index contributed by atoms with van der Waals surface area (Å²) in [4.78, 5) is 42.4. The van der Waals surface area contributed by atoms with Crippen LogP contribution in [0.2, 0.25) is 0 Å². The van der Waals surface area contributed by atoms with E-state index in [2.05, 4.69) is 10.3 Å². The van der Waals surface area contributed by atoms with Crippen molar-refractivity contribution in [2.45, 2.75) is 37.6 Å². The number of nitrogens with zero attached hydrogens (tertiary/aromatic N) is 1. The third-order valence-corrected chi connectivity index (χ3v) is 5.62. The lowest BCUT2D eigenvalue weighted by atomic mass is 9.73. The number of hydrogen-bond donors (Lipinski definition) is 2. The number of fused-ring (bicyclic) bond motifs is 2. The van der Waals surface area contributed by atoms with E-state index in [0.29, 0.717) is 19.4 Å². The molecule has 0 aliphatic carbocycles. The first-order valence-electron chi connectivity index (χ1n) is 8.99. The van der Waals surface area contributed by atoms with E-state index in [-0.39, 0.29) is 23.4 Å². The smallest absolute Gasteiger partial charge is 0.260 e. The molecule has 134 valence electrons. The number of carbonyl (C=O) groups is 2. The second kappa shape index (κ2) is 6.12. The monoisotopic (exact) mass is 351 g/mol. The Bertz CT molecular complexity index is 936. The summed E-state index contributed by atoms with van der Waals surface area (Å²) >= 11 is 0. The molecule has 2 aliphatic rings. The van der Waals surface area contributed by atoms with Crippen LogP contribution < -0.4 is 10.9 Å². The zero-order chi connectivity index (χ0) is 18.3. The molecule has 2 N–H and O–H groups in total. The van der Waals surface area contributed by atoms with Crippen molar-refractivity contribution >= 4 is 17.5 Å². The van der Waals surface area contributed by atoms with Crippen LogP contribution in [0.5, 0.6) is 0 Å². The van der Waals surface area contributed by atoms with Crippen LogP contribution in [0.3, 0.4) is 0 Å². The minimum absolute atomic E-state index is 0.0468. The highest BCUT2D eigenvalue weighted by molar-refractivity contribution is 6.08. The molecule has 3 heterocycles. The minimum Gasteiger partial charge on any atom is -0.334 e. The van der Waals surface area contributed by atoms with Crippen molar-refractivity contribution in [2.75, 3.05) is 11.9 Å². The molecule has 1 aromatic heterocycles. The molecule has 4 rings (SSSR count). The van der Waals surface area contributed by atoms with E-state index < -0.39 is 11.0 Å². The maximum atomic E-state index is 13.1. The molecule has 1 saturated heterocycles. The first-order chi connectivity index (χ1) is 12.6. The van der Waals surface area contributed by atoms with Gasteiger partial charge < -0.3 is 15.2 Å². The van der Waals surface area contributed by atoms with E-state index in [1.54, 1.807) is 11.0 Å². The van der Waals surface area contributed by atoms with Gasteiger partial charge in [-0.2, -0.15) is 0 Å². The number of pyridine rings is 1. The Kier molecular flexibility index (Phi) is 3.90. The van der Waals surface area contributed by atoms with E-state index in [0.717, 1.165) is 17.7 Å². The molecule has 0 unspecified atom stereocenters. The number of anilines is 1. The fraction of sp³-hybridized carbons (Fsp3) is 0.350. The number of benzene rings is 1. The first-order valence-corrected chi connectivity index (χ1v) is 8.99. The summed E-state index contributed by atoms with van der Waals surface area (Å²) in [5.41, 5.74) is 0.776. The number of nitrogens with one attached hydrogen (secondary N) is 2. The van der Waals surface area contributed by atoms with Gasteiger partial charge in [0.2, 0.25) is 5.91 Å². The maximum Gasteiger partial charge on any atom is 0.260 e. The molecule has 6 heteroatoms. The van der Waals surface area contributed by atoms with Crippen LogP contribution in [0.4, 0.5) is 5.69 Å². The molecule has 1 aromatic carbocycles. The highest BCUT2D eigenvalue weighted by atomic mass is 16.2. The molecule has 6 nitrogen and oxygen atoms in total. The van der Waals surface area contributed by atoms with Crippen molar-refractivity contribution in [3.05, 3.63) is 64.1 Å². The lowest BCUT2D eigenvalue weighted by Crippen LogP contribution is -2.49. The number of aromatic amines is 1. The summed E-state index contributed by atoms with van der Waals surface area (Å²) < 4.78 is 0. The minimum atomic E-state index is -0.732. The van der Waals surface area contributed by atoms with Crippen LogP contribution in [0, 0.1) is 0 Å². The highest BCUT2D eigenvalue weighted by Gasteiger charge is 2.58. The molecular weight excluding hydrogens is 330 g/mol. The Morgan fingerprint density at radius 2 is 2.04 bits per heavy atom. The maximum absolute atomic E-state index is 13.1. The van der Waals surface area contributed by atoms with Gasteiger partial charge in [-0.25, -0.2) is 0 Å². The number of aromatic nitrogens is 1. The number of para-hydroxylation sites is 1. The predicted molar refractivity (Wildman–Crippen MR) is 98.2 cm³/mol. The molecule has 2 aromatic rings. The molecule has 0 saturated carbocycles. The van der Waals surface area contributed by atoms with E-state index in [9.17, 15) is 14.4 Å². The summed E-state index contributed by atoms with van der Waals surface area (Å²) in [6.07, 6.45) is 3.63. The summed E-state index contributed by atoms with van der Waals surface area (Å²) in [6.45, 7) is 2.50. The van der Waals surface area contributed by atoms with Crippen molar-refractivity contribution in [1.82, 2.24) is 9.88 Å². The van der Waals surface area contributed by atoms with Crippen molar-refractivity contribution in [1.29, 1.82) is 0 Å². The van der Waals surface area contributed by atoms with Crippen LogP contribution in [0.1, 0.15) is 42.1 Å².